The third-order valence-electron chi connectivity index (χ3n) is 2.54. The van der Waals surface area contributed by atoms with Crippen molar-refractivity contribution >= 4 is 29.0 Å². The third-order valence-corrected chi connectivity index (χ3v) is 3.03. The number of ketones is 1. The Labute approximate surface area is 125 Å². The largest absolute Gasteiger partial charge is 0.493 e. The maximum absolute atomic E-state index is 12.9. The number of aromatic nitrogens is 3. The Kier molecular flexibility index (Phi) is 3.85. The zero-order valence-corrected chi connectivity index (χ0v) is 11.8. The van der Waals surface area contributed by atoms with Crippen molar-refractivity contribution in [2.24, 2.45) is 7.05 Å². The maximum Gasteiger partial charge on any atom is 0.436 e. The summed E-state index contributed by atoms with van der Waals surface area (Å²) in [5.41, 5.74) is -2.99. The number of carbonyl (C=O) groups is 1. The van der Waals surface area contributed by atoms with Gasteiger partial charge >= 0.3 is 6.18 Å². The molecule has 0 bridgehead atoms. The molecule has 0 spiro atoms. The monoisotopic (exact) mass is 339 g/mol. The molecule has 5 nitrogen and oxygen atoms in total. The van der Waals surface area contributed by atoms with Crippen molar-refractivity contribution in [2.45, 2.75) is 6.18 Å². The first-order valence-corrected chi connectivity index (χ1v) is 6.07. The Hall–Kier alpha value is -1.80. The van der Waals surface area contributed by atoms with Gasteiger partial charge in [-0.3, -0.25) is 4.79 Å². The van der Waals surface area contributed by atoms with Crippen LogP contribution in [0.15, 0.2) is 12.3 Å². The summed E-state index contributed by atoms with van der Waals surface area (Å²) in [5.74, 6) is -2.13. The highest BCUT2D eigenvalue weighted by Crippen LogP contribution is 2.36. The lowest BCUT2D eigenvalue weighted by Gasteiger charge is -2.06. The smallest absolute Gasteiger partial charge is 0.436 e. The Bertz CT molecular complexity index is 728. The summed E-state index contributed by atoms with van der Waals surface area (Å²) in [4.78, 5) is 15.8. The van der Waals surface area contributed by atoms with Gasteiger partial charge in [-0.15, -0.1) is 0 Å². The Morgan fingerprint density at radius 2 is 2.00 bits per heavy atom. The van der Waals surface area contributed by atoms with Gasteiger partial charge in [-0.1, -0.05) is 23.2 Å². The number of hydrogen-bond donors (Lipinski definition) is 1. The lowest BCUT2D eigenvalue weighted by molar-refractivity contribution is -0.141. The van der Waals surface area contributed by atoms with Gasteiger partial charge in [-0.25, -0.2) is 9.67 Å². The molecule has 0 radical (unpaired) electrons. The average Bonchev–Trinajstić information content (AvgIpc) is 2.65. The lowest BCUT2D eigenvalue weighted by Crippen LogP contribution is -2.14. The van der Waals surface area contributed by atoms with Crippen molar-refractivity contribution in [1.82, 2.24) is 14.8 Å². The van der Waals surface area contributed by atoms with Crippen LogP contribution in [0.5, 0.6) is 5.88 Å². The minimum absolute atomic E-state index is 0.114. The van der Waals surface area contributed by atoms with Crippen LogP contribution in [0.4, 0.5) is 13.2 Å². The van der Waals surface area contributed by atoms with Crippen LogP contribution in [0.3, 0.4) is 0 Å². The Morgan fingerprint density at radius 1 is 1.38 bits per heavy atom. The standard InChI is InChI=1S/C11H6Cl2F3N3O2/c1-19-10(21)6(9(18-19)11(14,15)16)8(20)7-5(13)2-4(12)3-17-7/h2-3,21H,1H3. The normalized spacial score (nSPS) is 11.7. The van der Waals surface area contributed by atoms with E-state index in [1.807, 2.05) is 0 Å². The molecule has 2 aromatic rings. The van der Waals surface area contributed by atoms with E-state index < -0.39 is 34.8 Å². The molecular formula is C11H6Cl2F3N3O2. The maximum atomic E-state index is 12.9. The number of hydrogen-bond acceptors (Lipinski definition) is 4. The minimum Gasteiger partial charge on any atom is -0.493 e. The predicted molar refractivity (Wildman–Crippen MR) is 67.6 cm³/mol. The number of halogens is 5. The van der Waals surface area contributed by atoms with Crippen LogP contribution < -0.4 is 0 Å². The van der Waals surface area contributed by atoms with E-state index in [1.54, 1.807) is 0 Å². The van der Waals surface area contributed by atoms with E-state index in [2.05, 4.69) is 10.1 Å². The van der Waals surface area contributed by atoms with Gasteiger partial charge in [0, 0.05) is 13.2 Å². The van der Waals surface area contributed by atoms with E-state index >= 15 is 0 Å². The number of carbonyl (C=O) groups excluding carboxylic acids is 1. The highest BCUT2D eigenvalue weighted by molar-refractivity contribution is 6.37. The van der Waals surface area contributed by atoms with Crippen LogP contribution in [0, 0.1) is 0 Å². The first-order chi connectivity index (χ1) is 9.62. The third kappa shape index (κ3) is 2.81. The zero-order valence-electron chi connectivity index (χ0n) is 10.2. The molecular weight excluding hydrogens is 334 g/mol. The number of nitrogens with zero attached hydrogens (tertiary/aromatic N) is 3. The molecule has 112 valence electrons. The van der Waals surface area contributed by atoms with E-state index in [1.165, 1.54) is 0 Å². The van der Waals surface area contributed by atoms with E-state index in [9.17, 15) is 23.1 Å². The fourth-order valence-electron chi connectivity index (χ4n) is 1.62. The fraction of sp³-hybridized carbons (Fsp3) is 0.182. The topological polar surface area (TPSA) is 68.0 Å². The SMILES string of the molecule is Cn1nc(C(F)(F)F)c(C(=O)c2ncc(Cl)cc2Cl)c1O. The average molecular weight is 340 g/mol. The van der Waals surface area contributed by atoms with E-state index in [-0.39, 0.29) is 10.0 Å². The quantitative estimate of drug-likeness (QED) is 0.853. The number of aryl methyl sites for hydroxylation is 1. The van der Waals surface area contributed by atoms with Crippen molar-refractivity contribution in [1.29, 1.82) is 0 Å². The lowest BCUT2D eigenvalue weighted by atomic mass is 10.1. The van der Waals surface area contributed by atoms with Crippen LogP contribution in [-0.4, -0.2) is 25.7 Å². The van der Waals surface area contributed by atoms with Gasteiger partial charge in [-0.2, -0.15) is 18.3 Å². The number of aromatic hydroxyl groups is 1. The van der Waals surface area contributed by atoms with Crippen LogP contribution in [0.2, 0.25) is 10.0 Å². The van der Waals surface area contributed by atoms with E-state index in [0.717, 1.165) is 19.3 Å². The molecule has 0 aliphatic carbocycles. The van der Waals surface area contributed by atoms with Crippen molar-refractivity contribution in [2.75, 3.05) is 0 Å². The summed E-state index contributed by atoms with van der Waals surface area (Å²) < 4.78 is 39.1. The van der Waals surface area contributed by atoms with Gasteiger partial charge in [-0.05, 0) is 6.07 Å². The molecule has 0 fully saturated rings. The fourth-order valence-corrected chi connectivity index (χ4v) is 2.09. The first kappa shape index (κ1) is 15.6. The molecule has 0 unspecified atom stereocenters. The molecule has 0 aromatic carbocycles. The Morgan fingerprint density at radius 3 is 2.52 bits per heavy atom. The van der Waals surface area contributed by atoms with Crippen molar-refractivity contribution in [3.63, 3.8) is 0 Å². The number of pyridine rings is 1. The number of rotatable bonds is 2. The molecule has 0 saturated carbocycles. The van der Waals surface area contributed by atoms with Gasteiger partial charge in [0.1, 0.15) is 11.3 Å². The minimum atomic E-state index is -4.91. The Balaban J connectivity index is 2.64. The van der Waals surface area contributed by atoms with E-state index in [4.69, 9.17) is 23.2 Å². The molecule has 0 atom stereocenters. The molecule has 0 aliphatic rings. The molecule has 21 heavy (non-hydrogen) atoms. The number of alkyl halides is 3. The van der Waals surface area contributed by atoms with Gasteiger partial charge in [0.25, 0.3) is 0 Å². The van der Waals surface area contributed by atoms with Gasteiger partial charge < -0.3 is 5.11 Å². The van der Waals surface area contributed by atoms with Crippen molar-refractivity contribution in [3.05, 3.63) is 39.3 Å². The summed E-state index contributed by atoms with van der Waals surface area (Å²) in [7, 11) is 1.07. The molecule has 2 aromatic heterocycles. The molecule has 10 heteroatoms. The van der Waals surface area contributed by atoms with Crippen LogP contribution in [0.25, 0.3) is 0 Å². The second-order valence-corrected chi connectivity index (χ2v) is 4.83. The van der Waals surface area contributed by atoms with Crippen LogP contribution in [0.1, 0.15) is 21.7 Å². The molecule has 0 aliphatic heterocycles. The van der Waals surface area contributed by atoms with Crippen LogP contribution >= 0.6 is 23.2 Å². The van der Waals surface area contributed by atoms with Gasteiger partial charge in [0.2, 0.25) is 11.7 Å². The molecule has 2 heterocycles. The highest BCUT2D eigenvalue weighted by Gasteiger charge is 2.42. The summed E-state index contributed by atoms with van der Waals surface area (Å²) >= 11 is 11.3. The summed E-state index contributed by atoms with van der Waals surface area (Å²) in [6.07, 6.45) is -3.86. The molecule has 2 rings (SSSR count). The predicted octanol–water partition coefficient (Wildman–Crippen LogP) is 3.08. The molecule has 0 saturated heterocycles. The second-order valence-electron chi connectivity index (χ2n) is 3.98. The summed E-state index contributed by atoms with van der Waals surface area (Å²) in [6, 6.07) is 1.16. The first-order valence-electron chi connectivity index (χ1n) is 5.31. The summed E-state index contributed by atoms with van der Waals surface area (Å²) in [5, 5.41) is 12.6. The highest BCUT2D eigenvalue weighted by atomic mass is 35.5. The zero-order chi connectivity index (χ0) is 15.9. The van der Waals surface area contributed by atoms with E-state index in [0.29, 0.717) is 4.68 Å². The molecule has 0 amide bonds. The van der Waals surface area contributed by atoms with Gasteiger partial charge in [0.05, 0.1) is 10.0 Å². The van der Waals surface area contributed by atoms with Gasteiger partial charge in [0.15, 0.2) is 5.69 Å². The van der Waals surface area contributed by atoms with Crippen molar-refractivity contribution < 1.29 is 23.1 Å². The molecule has 1 N–H and O–H groups in total. The summed E-state index contributed by atoms with van der Waals surface area (Å²) in [6.45, 7) is 0. The second kappa shape index (κ2) is 5.19. The van der Waals surface area contributed by atoms with Crippen LogP contribution in [-0.2, 0) is 13.2 Å². The van der Waals surface area contributed by atoms with Crippen molar-refractivity contribution in [3.8, 4) is 5.88 Å².